The van der Waals surface area contributed by atoms with Gasteiger partial charge in [-0.2, -0.15) is 5.10 Å². The lowest BCUT2D eigenvalue weighted by Crippen LogP contribution is -2.35. The second kappa shape index (κ2) is 7.26. The van der Waals surface area contributed by atoms with Gasteiger partial charge >= 0.3 is 0 Å². The smallest absolute Gasteiger partial charge is 0.272 e. The summed E-state index contributed by atoms with van der Waals surface area (Å²) < 4.78 is 0. The first-order chi connectivity index (χ1) is 10.1. The zero-order valence-corrected chi connectivity index (χ0v) is 14.4. The fraction of sp³-hybridized carbons (Fsp3) is 0.467. The molecule has 0 saturated carbocycles. The monoisotopic (exact) mass is 340 g/mol. The molecule has 3 heterocycles. The van der Waals surface area contributed by atoms with Crippen LogP contribution in [0, 0.1) is 6.92 Å². The Labute approximate surface area is 140 Å². The maximum atomic E-state index is 12.4. The van der Waals surface area contributed by atoms with Crippen LogP contribution in [0.4, 0.5) is 0 Å². The zero-order chi connectivity index (χ0) is 14.8. The maximum Gasteiger partial charge on any atom is 0.272 e. The molecular formula is C15H21ClN4OS. The highest BCUT2D eigenvalue weighted by Gasteiger charge is 2.22. The molecule has 1 aliphatic rings. The van der Waals surface area contributed by atoms with Crippen molar-refractivity contribution in [3.63, 3.8) is 0 Å². The number of aromatic nitrogens is 2. The fourth-order valence-electron chi connectivity index (χ4n) is 2.65. The van der Waals surface area contributed by atoms with Crippen molar-refractivity contribution >= 4 is 29.7 Å². The highest BCUT2D eigenvalue weighted by atomic mass is 35.5. The predicted octanol–water partition coefficient (Wildman–Crippen LogP) is 2.21. The van der Waals surface area contributed by atoms with Crippen molar-refractivity contribution < 1.29 is 4.79 Å². The highest BCUT2D eigenvalue weighted by Crippen LogP contribution is 2.18. The van der Waals surface area contributed by atoms with Gasteiger partial charge in [0.15, 0.2) is 5.69 Å². The molecule has 0 fully saturated rings. The lowest BCUT2D eigenvalue weighted by atomic mass is 10.1. The Morgan fingerprint density at radius 1 is 1.50 bits per heavy atom. The molecule has 5 nitrogen and oxygen atoms in total. The van der Waals surface area contributed by atoms with E-state index in [-0.39, 0.29) is 24.4 Å². The Morgan fingerprint density at radius 2 is 2.32 bits per heavy atom. The van der Waals surface area contributed by atoms with Crippen molar-refractivity contribution in [2.24, 2.45) is 0 Å². The van der Waals surface area contributed by atoms with E-state index in [1.165, 1.54) is 9.75 Å². The first-order valence-electron chi connectivity index (χ1n) is 7.26. The van der Waals surface area contributed by atoms with Gasteiger partial charge in [0, 0.05) is 53.0 Å². The average molecular weight is 341 g/mol. The van der Waals surface area contributed by atoms with E-state index >= 15 is 0 Å². The largest absolute Gasteiger partial charge is 0.348 e. The third-order valence-corrected chi connectivity index (χ3v) is 4.73. The van der Waals surface area contributed by atoms with Crippen molar-refractivity contribution in [3.05, 3.63) is 38.8 Å². The van der Waals surface area contributed by atoms with E-state index in [0.717, 1.165) is 30.6 Å². The highest BCUT2D eigenvalue weighted by molar-refractivity contribution is 7.11. The Balaban J connectivity index is 0.00000176. The molecule has 0 spiro atoms. The van der Waals surface area contributed by atoms with Gasteiger partial charge in [-0.25, -0.2) is 0 Å². The molecule has 0 radical (unpaired) electrons. The Morgan fingerprint density at radius 3 is 3.05 bits per heavy atom. The summed E-state index contributed by atoms with van der Waals surface area (Å²) in [5, 5.41) is 13.5. The molecule has 1 unspecified atom stereocenters. The van der Waals surface area contributed by atoms with Gasteiger partial charge in [0.2, 0.25) is 0 Å². The minimum atomic E-state index is -0.0861. The number of halogens is 1. The number of fused-ring (bicyclic) bond motifs is 1. The number of rotatable bonds is 4. The number of hydrogen-bond acceptors (Lipinski definition) is 4. The van der Waals surface area contributed by atoms with E-state index in [2.05, 4.69) is 39.9 Å². The number of nitrogens with zero attached hydrogens (tertiary/aromatic N) is 1. The standard InChI is InChI=1S/C15H20N4OS.ClH/c1-9(7-11-4-3-10(2)21-11)17-15(20)14-12-8-16-6-5-13(12)18-19-14;/h3-4,9,16H,5-8H2,1-2H3,(H,17,20)(H,18,19);1H. The third-order valence-electron chi connectivity index (χ3n) is 3.70. The molecule has 1 amide bonds. The molecule has 120 valence electrons. The van der Waals surface area contributed by atoms with Crippen molar-refractivity contribution in [2.75, 3.05) is 6.54 Å². The molecule has 0 aliphatic carbocycles. The predicted molar refractivity (Wildman–Crippen MR) is 90.9 cm³/mol. The first-order valence-corrected chi connectivity index (χ1v) is 8.08. The first kappa shape index (κ1) is 17.0. The number of amides is 1. The summed E-state index contributed by atoms with van der Waals surface area (Å²) in [5.74, 6) is -0.0861. The Kier molecular flexibility index (Phi) is 5.61. The Hall–Kier alpha value is -1.37. The van der Waals surface area contributed by atoms with E-state index < -0.39 is 0 Å². The van der Waals surface area contributed by atoms with Crippen molar-refractivity contribution in [3.8, 4) is 0 Å². The summed E-state index contributed by atoms with van der Waals surface area (Å²) in [4.78, 5) is 15.0. The summed E-state index contributed by atoms with van der Waals surface area (Å²) >= 11 is 1.78. The SMILES string of the molecule is Cc1ccc(CC(C)NC(=O)c2n[nH]c3c2CNCC3)s1.Cl. The molecule has 2 aromatic rings. The summed E-state index contributed by atoms with van der Waals surface area (Å²) in [7, 11) is 0. The van der Waals surface area contributed by atoms with E-state index in [1.807, 2.05) is 6.92 Å². The van der Waals surface area contributed by atoms with Crippen LogP contribution in [-0.4, -0.2) is 28.7 Å². The maximum absolute atomic E-state index is 12.4. The lowest BCUT2D eigenvalue weighted by molar-refractivity contribution is 0.0934. The number of hydrogen-bond donors (Lipinski definition) is 3. The molecule has 22 heavy (non-hydrogen) atoms. The van der Waals surface area contributed by atoms with Crippen molar-refractivity contribution in [1.29, 1.82) is 0 Å². The molecule has 3 rings (SSSR count). The summed E-state index contributed by atoms with van der Waals surface area (Å²) in [5.41, 5.74) is 2.63. The number of carbonyl (C=O) groups excluding carboxylic acids is 1. The number of aryl methyl sites for hydroxylation is 1. The van der Waals surface area contributed by atoms with E-state index in [4.69, 9.17) is 0 Å². The fourth-order valence-corrected chi connectivity index (χ4v) is 3.67. The van der Waals surface area contributed by atoms with Gasteiger partial charge < -0.3 is 10.6 Å². The van der Waals surface area contributed by atoms with Gasteiger partial charge in [-0.15, -0.1) is 23.7 Å². The normalized spacial score (nSPS) is 14.8. The van der Waals surface area contributed by atoms with E-state index in [9.17, 15) is 4.79 Å². The molecule has 1 aliphatic heterocycles. The van der Waals surface area contributed by atoms with E-state index in [1.54, 1.807) is 11.3 Å². The number of carbonyl (C=O) groups is 1. The number of H-pyrrole nitrogens is 1. The summed E-state index contributed by atoms with van der Waals surface area (Å²) in [6.07, 6.45) is 1.76. The van der Waals surface area contributed by atoms with Gasteiger partial charge in [0.1, 0.15) is 0 Å². The van der Waals surface area contributed by atoms with Crippen LogP contribution in [-0.2, 0) is 19.4 Å². The number of thiophene rings is 1. The van der Waals surface area contributed by atoms with Gasteiger partial charge in [-0.05, 0) is 26.0 Å². The van der Waals surface area contributed by atoms with Crippen LogP contribution in [0.25, 0.3) is 0 Å². The molecule has 0 aromatic carbocycles. The van der Waals surface area contributed by atoms with Gasteiger partial charge in [0.25, 0.3) is 5.91 Å². The quantitative estimate of drug-likeness (QED) is 0.799. The Bertz CT molecular complexity index is 652. The minimum Gasteiger partial charge on any atom is -0.348 e. The molecule has 0 saturated heterocycles. The molecule has 2 aromatic heterocycles. The van der Waals surface area contributed by atoms with E-state index in [0.29, 0.717) is 12.2 Å². The van der Waals surface area contributed by atoms with Gasteiger partial charge in [0.05, 0.1) is 0 Å². The van der Waals surface area contributed by atoms with Crippen molar-refractivity contribution in [1.82, 2.24) is 20.8 Å². The second-order valence-electron chi connectivity index (χ2n) is 5.55. The van der Waals surface area contributed by atoms with Crippen molar-refractivity contribution in [2.45, 2.75) is 39.3 Å². The molecule has 1 atom stereocenters. The van der Waals surface area contributed by atoms with Crippen LogP contribution in [0.2, 0.25) is 0 Å². The number of aromatic amines is 1. The molecule has 7 heteroatoms. The van der Waals surface area contributed by atoms with Crippen LogP contribution in [0.15, 0.2) is 12.1 Å². The van der Waals surface area contributed by atoms with Gasteiger partial charge in [-0.3, -0.25) is 9.89 Å². The average Bonchev–Trinajstić information content (AvgIpc) is 3.04. The minimum absolute atomic E-state index is 0. The zero-order valence-electron chi connectivity index (χ0n) is 12.7. The van der Waals surface area contributed by atoms with Crippen LogP contribution in [0.5, 0.6) is 0 Å². The van der Waals surface area contributed by atoms with Crippen LogP contribution in [0.1, 0.15) is 38.4 Å². The summed E-state index contributed by atoms with van der Waals surface area (Å²) in [6, 6.07) is 4.34. The topological polar surface area (TPSA) is 69.8 Å². The summed E-state index contributed by atoms with van der Waals surface area (Å²) in [6.45, 7) is 5.78. The van der Waals surface area contributed by atoms with Crippen LogP contribution in [0.3, 0.4) is 0 Å². The molecular weight excluding hydrogens is 320 g/mol. The molecule has 0 bridgehead atoms. The van der Waals surface area contributed by atoms with Crippen LogP contribution < -0.4 is 10.6 Å². The second-order valence-corrected chi connectivity index (χ2v) is 6.92. The third kappa shape index (κ3) is 3.69. The molecule has 3 N–H and O–H groups in total. The van der Waals surface area contributed by atoms with Gasteiger partial charge in [-0.1, -0.05) is 0 Å². The van der Waals surface area contributed by atoms with Crippen LogP contribution >= 0.6 is 23.7 Å². The lowest BCUT2D eigenvalue weighted by Gasteiger charge is -2.15. The number of nitrogens with one attached hydrogen (secondary N) is 3.